The van der Waals surface area contributed by atoms with E-state index in [1.54, 1.807) is 12.1 Å². The Bertz CT molecular complexity index is 615. The normalized spacial score (nSPS) is 14.5. The Balaban J connectivity index is 1.83. The van der Waals surface area contributed by atoms with E-state index in [1.165, 1.54) is 12.1 Å². The van der Waals surface area contributed by atoms with Gasteiger partial charge in [-0.15, -0.1) is 0 Å². The van der Waals surface area contributed by atoms with Crippen molar-refractivity contribution in [3.63, 3.8) is 0 Å². The number of rotatable bonds is 4. The second-order valence-electron chi connectivity index (χ2n) is 4.86. The maximum Gasteiger partial charge on any atom is 0.125 e. The summed E-state index contributed by atoms with van der Waals surface area (Å²) in [4.78, 5) is 0. The van der Waals surface area contributed by atoms with Gasteiger partial charge in [-0.25, -0.2) is 4.39 Å². The summed E-state index contributed by atoms with van der Waals surface area (Å²) in [7, 11) is 0. The van der Waals surface area contributed by atoms with Crippen molar-refractivity contribution in [2.45, 2.75) is 12.5 Å². The van der Waals surface area contributed by atoms with Gasteiger partial charge in [-0.1, -0.05) is 12.1 Å². The molecule has 3 nitrogen and oxygen atoms in total. The van der Waals surface area contributed by atoms with Crippen LogP contribution in [0.3, 0.4) is 0 Å². The Labute approximate surface area is 117 Å². The molecule has 3 rings (SSSR count). The molecule has 1 atom stereocenters. The Hall–Kier alpha value is -2.07. The van der Waals surface area contributed by atoms with E-state index < -0.39 is 0 Å². The first-order valence-corrected chi connectivity index (χ1v) is 6.65. The topological polar surface area (TPSA) is 41.5 Å². The summed E-state index contributed by atoms with van der Waals surface area (Å²) in [5.41, 5.74) is 2.78. The van der Waals surface area contributed by atoms with Gasteiger partial charge in [0.25, 0.3) is 0 Å². The number of benzene rings is 2. The van der Waals surface area contributed by atoms with Gasteiger partial charge >= 0.3 is 0 Å². The third kappa shape index (κ3) is 2.60. The Morgan fingerprint density at radius 3 is 2.95 bits per heavy atom. The lowest BCUT2D eigenvalue weighted by atomic mass is 10.0. The summed E-state index contributed by atoms with van der Waals surface area (Å²) < 4.78 is 18.7. The van der Waals surface area contributed by atoms with Gasteiger partial charge in [-0.2, -0.15) is 0 Å². The van der Waals surface area contributed by atoms with Crippen LogP contribution in [0.5, 0.6) is 5.75 Å². The molecule has 0 spiro atoms. The molecule has 0 radical (unpaired) electrons. The molecule has 4 heteroatoms. The summed E-state index contributed by atoms with van der Waals surface area (Å²) >= 11 is 0. The van der Waals surface area contributed by atoms with E-state index in [1.807, 2.05) is 18.2 Å². The van der Waals surface area contributed by atoms with Crippen molar-refractivity contribution in [3.05, 3.63) is 59.4 Å². The van der Waals surface area contributed by atoms with Crippen LogP contribution in [-0.2, 0) is 6.42 Å². The molecular weight excluding hydrogens is 257 g/mol. The predicted octanol–water partition coefficient (Wildman–Crippen LogP) is 2.91. The van der Waals surface area contributed by atoms with E-state index in [4.69, 9.17) is 4.74 Å². The maximum atomic E-state index is 13.2. The average molecular weight is 273 g/mol. The zero-order valence-corrected chi connectivity index (χ0v) is 11.0. The molecule has 0 saturated carbocycles. The standard InChI is InChI=1S/C16H16FNO2/c17-13-2-1-3-14(9-13)18-15(10-19)11-4-5-16-12(8-11)6-7-20-16/h1-5,8-9,15,18-19H,6-7,10H2. The minimum Gasteiger partial charge on any atom is -0.493 e. The highest BCUT2D eigenvalue weighted by molar-refractivity contribution is 5.48. The number of aliphatic hydroxyl groups is 1. The number of ether oxygens (including phenoxy) is 1. The van der Waals surface area contributed by atoms with Gasteiger partial charge < -0.3 is 15.2 Å². The van der Waals surface area contributed by atoms with Crippen molar-refractivity contribution in [1.82, 2.24) is 0 Å². The number of halogens is 1. The van der Waals surface area contributed by atoms with Crippen molar-refractivity contribution in [1.29, 1.82) is 0 Å². The molecule has 1 heterocycles. The van der Waals surface area contributed by atoms with Crippen molar-refractivity contribution in [2.75, 3.05) is 18.5 Å². The Morgan fingerprint density at radius 2 is 2.15 bits per heavy atom. The molecule has 1 unspecified atom stereocenters. The molecule has 0 aromatic heterocycles. The molecule has 20 heavy (non-hydrogen) atoms. The summed E-state index contributed by atoms with van der Waals surface area (Å²) in [6.07, 6.45) is 0.890. The molecular formula is C16H16FNO2. The van der Waals surface area contributed by atoms with Gasteiger partial charge in [-0.3, -0.25) is 0 Å². The molecule has 104 valence electrons. The fraction of sp³-hybridized carbons (Fsp3) is 0.250. The van der Waals surface area contributed by atoms with Crippen LogP contribution in [0.25, 0.3) is 0 Å². The molecule has 1 aliphatic rings. The first kappa shape index (κ1) is 12.9. The van der Waals surface area contributed by atoms with Crippen LogP contribution in [0.15, 0.2) is 42.5 Å². The third-order valence-corrected chi connectivity index (χ3v) is 3.46. The molecule has 2 N–H and O–H groups in total. The van der Waals surface area contributed by atoms with E-state index >= 15 is 0 Å². The van der Waals surface area contributed by atoms with Crippen LogP contribution < -0.4 is 10.1 Å². The Morgan fingerprint density at radius 1 is 1.25 bits per heavy atom. The quantitative estimate of drug-likeness (QED) is 0.900. The minimum atomic E-state index is -0.297. The van der Waals surface area contributed by atoms with Crippen LogP contribution in [0.1, 0.15) is 17.2 Å². The van der Waals surface area contributed by atoms with Gasteiger partial charge in [0.05, 0.1) is 19.3 Å². The molecule has 2 aromatic rings. The van der Waals surface area contributed by atoms with E-state index in [0.717, 1.165) is 23.3 Å². The summed E-state index contributed by atoms with van der Waals surface area (Å²) in [5.74, 6) is 0.616. The van der Waals surface area contributed by atoms with E-state index in [9.17, 15) is 9.50 Å². The van der Waals surface area contributed by atoms with Crippen LogP contribution in [0.2, 0.25) is 0 Å². The van der Waals surface area contributed by atoms with Crippen molar-refractivity contribution >= 4 is 5.69 Å². The van der Waals surface area contributed by atoms with E-state index in [0.29, 0.717) is 12.3 Å². The molecule has 0 aliphatic carbocycles. The fourth-order valence-corrected chi connectivity index (χ4v) is 2.44. The van der Waals surface area contributed by atoms with Crippen molar-refractivity contribution in [2.24, 2.45) is 0 Å². The average Bonchev–Trinajstić information content (AvgIpc) is 2.92. The second kappa shape index (κ2) is 5.51. The highest BCUT2D eigenvalue weighted by Crippen LogP contribution is 2.29. The van der Waals surface area contributed by atoms with Gasteiger partial charge in [0.1, 0.15) is 11.6 Å². The van der Waals surface area contributed by atoms with Crippen molar-refractivity contribution < 1.29 is 14.2 Å². The minimum absolute atomic E-state index is 0.0594. The van der Waals surface area contributed by atoms with Gasteiger partial charge in [-0.05, 0) is 41.5 Å². The van der Waals surface area contributed by atoms with Gasteiger partial charge in [0.15, 0.2) is 0 Å². The Kier molecular flexibility index (Phi) is 3.56. The highest BCUT2D eigenvalue weighted by Gasteiger charge is 2.16. The van der Waals surface area contributed by atoms with Crippen LogP contribution in [0, 0.1) is 5.82 Å². The summed E-state index contributed by atoms with van der Waals surface area (Å²) in [5, 5.41) is 12.7. The first-order valence-electron chi connectivity index (χ1n) is 6.65. The monoisotopic (exact) mass is 273 g/mol. The highest BCUT2D eigenvalue weighted by atomic mass is 19.1. The lowest BCUT2D eigenvalue weighted by Gasteiger charge is -2.18. The zero-order valence-electron chi connectivity index (χ0n) is 11.0. The zero-order chi connectivity index (χ0) is 13.9. The lowest BCUT2D eigenvalue weighted by Crippen LogP contribution is -2.15. The number of nitrogens with one attached hydrogen (secondary N) is 1. The third-order valence-electron chi connectivity index (χ3n) is 3.46. The number of anilines is 1. The smallest absolute Gasteiger partial charge is 0.125 e. The fourth-order valence-electron chi connectivity index (χ4n) is 2.44. The first-order chi connectivity index (χ1) is 9.76. The predicted molar refractivity (Wildman–Crippen MR) is 75.5 cm³/mol. The van der Waals surface area contributed by atoms with Crippen LogP contribution in [0.4, 0.5) is 10.1 Å². The summed E-state index contributed by atoms with van der Waals surface area (Å²) in [6.45, 7) is 0.649. The molecule has 0 saturated heterocycles. The second-order valence-corrected chi connectivity index (χ2v) is 4.86. The number of hydrogen-bond acceptors (Lipinski definition) is 3. The van der Waals surface area contributed by atoms with E-state index in [2.05, 4.69) is 5.32 Å². The molecule has 0 bridgehead atoms. The molecule has 2 aromatic carbocycles. The van der Waals surface area contributed by atoms with E-state index in [-0.39, 0.29) is 18.5 Å². The summed E-state index contributed by atoms with van der Waals surface area (Å²) in [6, 6.07) is 11.9. The number of hydrogen-bond donors (Lipinski definition) is 2. The molecule has 1 aliphatic heterocycles. The number of aliphatic hydroxyl groups excluding tert-OH is 1. The largest absolute Gasteiger partial charge is 0.493 e. The number of fused-ring (bicyclic) bond motifs is 1. The maximum absolute atomic E-state index is 13.2. The van der Waals surface area contributed by atoms with Crippen LogP contribution >= 0.6 is 0 Å². The molecule has 0 fully saturated rings. The van der Waals surface area contributed by atoms with Gasteiger partial charge in [0.2, 0.25) is 0 Å². The SMILES string of the molecule is OCC(Nc1cccc(F)c1)c1ccc2c(c1)CCO2. The van der Waals surface area contributed by atoms with Crippen molar-refractivity contribution in [3.8, 4) is 5.75 Å². The molecule has 0 amide bonds. The van der Waals surface area contributed by atoms with Crippen LogP contribution in [-0.4, -0.2) is 18.3 Å². The lowest BCUT2D eigenvalue weighted by molar-refractivity contribution is 0.276. The van der Waals surface area contributed by atoms with Gasteiger partial charge in [0, 0.05) is 12.1 Å².